The van der Waals surface area contributed by atoms with E-state index in [0.717, 1.165) is 13.0 Å². The average Bonchev–Trinajstić information content (AvgIpc) is 2.82. The maximum atomic E-state index is 5.63. The molecule has 0 amide bonds. The van der Waals surface area contributed by atoms with Gasteiger partial charge in [-0.1, -0.05) is 0 Å². The van der Waals surface area contributed by atoms with Gasteiger partial charge in [-0.25, -0.2) is 0 Å². The first kappa shape index (κ1) is 9.37. The fourth-order valence-electron chi connectivity index (χ4n) is 2.50. The van der Waals surface area contributed by atoms with Crippen LogP contribution in [0.2, 0.25) is 0 Å². The average molecular weight is 217 g/mol. The van der Waals surface area contributed by atoms with Gasteiger partial charge in [-0.2, -0.15) is 0 Å². The normalized spacial score (nSPS) is 14.7. The third kappa shape index (κ3) is 1.48. The molecule has 0 atom stereocenters. The molecule has 0 saturated carbocycles. The highest BCUT2D eigenvalue weighted by atomic mass is 32.1. The van der Waals surface area contributed by atoms with Crippen molar-refractivity contribution in [3.63, 3.8) is 0 Å². The van der Waals surface area contributed by atoms with Crippen molar-refractivity contribution in [2.75, 3.05) is 6.54 Å². The van der Waals surface area contributed by atoms with Crippen molar-refractivity contribution < 1.29 is 0 Å². The van der Waals surface area contributed by atoms with Gasteiger partial charge >= 0.3 is 0 Å². The zero-order chi connectivity index (χ0) is 10.3. The summed E-state index contributed by atoms with van der Waals surface area (Å²) >= 11 is 1.86. The van der Waals surface area contributed by atoms with Gasteiger partial charge in [-0.3, -0.25) is 0 Å². The highest BCUT2D eigenvalue weighted by molar-refractivity contribution is 7.17. The molecular weight excluding hydrogens is 202 g/mol. The van der Waals surface area contributed by atoms with Crippen LogP contribution >= 0.6 is 11.3 Å². The Morgan fingerprint density at radius 2 is 2.00 bits per heavy atom. The van der Waals surface area contributed by atoms with E-state index in [9.17, 15) is 0 Å². The van der Waals surface area contributed by atoms with E-state index in [0.29, 0.717) is 0 Å². The first-order valence-electron chi connectivity index (χ1n) is 5.60. The molecule has 1 nitrogen and oxygen atoms in total. The lowest BCUT2D eigenvalue weighted by Crippen LogP contribution is -2.01. The maximum absolute atomic E-state index is 5.63. The lowest BCUT2D eigenvalue weighted by atomic mass is 10.0. The molecule has 0 fully saturated rings. The zero-order valence-electron chi connectivity index (χ0n) is 8.75. The van der Waals surface area contributed by atoms with Crippen LogP contribution in [0.3, 0.4) is 0 Å². The molecule has 1 aliphatic carbocycles. The lowest BCUT2D eigenvalue weighted by Gasteiger charge is -2.01. The molecule has 0 aliphatic heterocycles. The summed E-state index contributed by atoms with van der Waals surface area (Å²) in [6, 6.07) is 4.79. The smallest absolute Gasteiger partial charge is 0.0348 e. The van der Waals surface area contributed by atoms with Crippen LogP contribution in [0.1, 0.15) is 23.1 Å². The fourth-order valence-corrected chi connectivity index (χ4v) is 3.54. The van der Waals surface area contributed by atoms with Gasteiger partial charge < -0.3 is 5.73 Å². The predicted octanol–water partition coefficient (Wildman–Crippen LogP) is 2.89. The van der Waals surface area contributed by atoms with Gasteiger partial charge in [0.25, 0.3) is 0 Å². The summed E-state index contributed by atoms with van der Waals surface area (Å²) in [5.74, 6) is 0. The summed E-state index contributed by atoms with van der Waals surface area (Å²) in [6.07, 6.45) is 4.89. The molecule has 0 spiro atoms. The highest BCUT2D eigenvalue weighted by Gasteiger charge is 2.13. The third-order valence-electron chi connectivity index (χ3n) is 3.28. The van der Waals surface area contributed by atoms with Crippen LogP contribution in [0.5, 0.6) is 0 Å². The van der Waals surface area contributed by atoms with Gasteiger partial charge in [0.05, 0.1) is 0 Å². The van der Waals surface area contributed by atoms with Gasteiger partial charge in [-0.05, 0) is 71.8 Å². The van der Waals surface area contributed by atoms with Crippen molar-refractivity contribution in [2.45, 2.75) is 25.7 Å². The maximum Gasteiger partial charge on any atom is 0.0348 e. The van der Waals surface area contributed by atoms with E-state index in [1.807, 2.05) is 11.3 Å². The molecule has 0 unspecified atom stereocenters. The van der Waals surface area contributed by atoms with Crippen LogP contribution in [0.25, 0.3) is 10.1 Å². The largest absolute Gasteiger partial charge is 0.330 e. The van der Waals surface area contributed by atoms with Crippen LogP contribution in [0.4, 0.5) is 0 Å². The van der Waals surface area contributed by atoms with Gasteiger partial charge in [0.15, 0.2) is 0 Å². The van der Waals surface area contributed by atoms with Gasteiger partial charge in [0.2, 0.25) is 0 Å². The Hall–Kier alpha value is -0.860. The summed E-state index contributed by atoms with van der Waals surface area (Å²) in [6.45, 7) is 0.753. The minimum absolute atomic E-state index is 0.753. The van der Waals surface area contributed by atoms with Crippen molar-refractivity contribution in [1.29, 1.82) is 0 Å². The minimum atomic E-state index is 0.753. The first-order chi connectivity index (χ1) is 7.38. The first-order valence-corrected chi connectivity index (χ1v) is 6.48. The molecule has 15 heavy (non-hydrogen) atoms. The Balaban J connectivity index is 2.18. The van der Waals surface area contributed by atoms with Crippen LogP contribution in [-0.2, 0) is 19.3 Å². The zero-order valence-corrected chi connectivity index (χ0v) is 9.57. The number of fused-ring (bicyclic) bond motifs is 2. The van der Waals surface area contributed by atoms with Crippen molar-refractivity contribution in [3.05, 3.63) is 34.2 Å². The second kappa shape index (κ2) is 3.62. The molecule has 1 aromatic carbocycles. The number of rotatable bonds is 2. The molecule has 0 bridgehead atoms. The highest BCUT2D eigenvalue weighted by Crippen LogP contribution is 2.32. The van der Waals surface area contributed by atoms with Crippen LogP contribution in [-0.4, -0.2) is 6.54 Å². The van der Waals surface area contributed by atoms with Gasteiger partial charge in [-0.15, -0.1) is 11.3 Å². The summed E-state index contributed by atoms with van der Waals surface area (Å²) in [4.78, 5) is 0. The lowest BCUT2D eigenvalue weighted by molar-refractivity contribution is 0.912. The van der Waals surface area contributed by atoms with Crippen molar-refractivity contribution in [3.8, 4) is 0 Å². The molecule has 1 heterocycles. The summed E-state index contributed by atoms with van der Waals surface area (Å²) < 4.78 is 1.44. The number of hydrogen-bond donors (Lipinski definition) is 1. The molecular formula is C13H15NS. The Labute approximate surface area is 93.9 Å². The molecule has 3 rings (SSSR count). The quantitative estimate of drug-likeness (QED) is 0.822. The van der Waals surface area contributed by atoms with Crippen LogP contribution in [0, 0.1) is 0 Å². The van der Waals surface area contributed by atoms with Crippen LogP contribution < -0.4 is 5.73 Å². The van der Waals surface area contributed by atoms with Crippen molar-refractivity contribution in [1.82, 2.24) is 0 Å². The molecule has 1 aliphatic rings. The number of thiophene rings is 1. The standard InChI is InChI=1S/C13H15NS/c14-5-4-11-8-15-13-7-10-3-1-2-9(10)6-12(11)13/h6-8H,1-5,14H2. The van der Waals surface area contributed by atoms with E-state index in [4.69, 9.17) is 5.73 Å². The molecule has 78 valence electrons. The Kier molecular flexibility index (Phi) is 2.26. The predicted molar refractivity (Wildman–Crippen MR) is 66.6 cm³/mol. The van der Waals surface area contributed by atoms with E-state index >= 15 is 0 Å². The van der Waals surface area contributed by atoms with Crippen LogP contribution in [0.15, 0.2) is 17.5 Å². The second-order valence-corrected chi connectivity index (χ2v) is 5.18. The SMILES string of the molecule is NCCc1csc2cc3c(cc12)CCC3. The Morgan fingerprint density at radius 3 is 2.80 bits per heavy atom. The Morgan fingerprint density at radius 1 is 1.20 bits per heavy atom. The molecule has 0 saturated heterocycles. The van der Waals surface area contributed by atoms with E-state index in [2.05, 4.69) is 17.5 Å². The summed E-state index contributed by atoms with van der Waals surface area (Å²) in [5, 5.41) is 3.72. The van der Waals surface area contributed by atoms with E-state index in [-0.39, 0.29) is 0 Å². The molecule has 0 radical (unpaired) electrons. The molecule has 2 aromatic rings. The van der Waals surface area contributed by atoms with Crippen molar-refractivity contribution in [2.24, 2.45) is 5.73 Å². The third-order valence-corrected chi connectivity index (χ3v) is 4.28. The molecule has 1 aromatic heterocycles. The number of hydrogen-bond acceptors (Lipinski definition) is 2. The second-order valence-electron chi connectivity index (χ2n) is 4.27. The van der Waals surface area contributed by atoms with Crippen molar-refractivity contribution >= 4 is 21.4 Å². The monoisotopic (exact) mass is 217 g/mol. The number of nitrogens with two attached hydrogens (primary N) is 1. The fraction of sp³-hybridized carbons (Fsp3) is 0.385. The number of benzene rings is 1. The van der Waals surface area contributed by atoms with E-state index in [1.165, 1.54) is 34.9 Å². The molecule has 2 N–H and O–H groups in total. The summed E-state index contributed by atoms with van der Waals surface area (Å²) in [5.41, 5.74) is 10.2. The summed E-state index contributed by atoms with van der Waals surface area (Å²) in [7, 11) is 0. The Bertz CT molecular complexity index is 498. The van der Waals surface area contributed by atoms with Gasteiger partial charge in [0.1, 0.15) is 0 Å². The van der Waals surface area contributed by atoms with Gasteiger partial charge in [0, 0.05) is 4.70 Å². The minimum Gasteiger partial charge on any atom is -0.330 e. The number of aryl methyl sites for hydroxylation is 2. The van der Waals surface area contributed by atoms with E-state index < -0.39 is 0 Å². The molecule has 2 heteroatoms. The topological polar surface area (TPSA) is 26.0 Å². The van der Waals surface area contributed by atoms with E-state index in [1.54, 1.807) is 11.1 Å².